The summed E-state index contributed by atoms with van der Waals surface area (Å²) in [6.45, 7) is 4.42. The Morgan fingerprint density at radius 1 is 1.42 bits per heavy atom. The van der Waals surface area contributed by atoms with Crippen molar-refractivity contribution in [3.63, 3.8) is 0 Å². The summed E-state index contributed by atoms with van der Waals surface area (Å²) in [5, 5.41) is 9.33. The summed E-state index contributed by atoms with van der Waals surface area (Å²) in [4.78, 5) is 10.6. The molecule has 0 aliphatic rings. The van der Waals surface area contributed by atoms with E-state index in [0.29, 0.717) is 22.9 Å². The van der Waals surface area contributed by atoms with Crippen LogP contribution in [0.3, 0.4) is 0 Å². The summed E-state index contributed by atoms with van der Waals surface area (Å²) < 4.78 is 5.55. The van der Waals surface area contributed by atoms with Crippen molar-refractivity contribution in [2.45, 2.75) is 33.1 Å². The lowest BCUT2D eigenvalue weighted by atomic mass is 9.89. The second kappa shape index (κ2) is 7.16. The van der Waals surface area contributed by atoms with Crippen molar-refractivity contribution < 1.29 is 9.53 Å². The number of ether oxygens (including phenoxy) is 1. The number of halogens is 1. The molecule has 0 aliphatic heterocycles. The maximum absolute atomic E-state index is 10.6. The first kappa shape index (κ1) is 15.5. The maximum Gasteiger partial charge on any atom is 0.150 e. The Kier molecular flexibility index (Phi) is 5.85. The fourth-order valence-corrected chi connectivity index (χ4v) is 1.86. The first-order valence-electron chi connectivity index (χ1n) is 6.27. The van der Waals surface area contributed by atoms with Crippen LogP contribution in [0.5, 0.6) is 5.75 Å². The third-order valence-electron chi connectivity index (χ3n) is 2.85. The van der Waals surface area contributed by atoms with Gasteiger partial charge in [0.2, 0.25) is 0 Å². The molecule has 0 aromatic heterocycles. The fourth-order valence-electron chi connectivity index (χ4n) is 1.61. The third-order valence-corrected chi connectivity index (χ3v) is 3.14. The van der Waals surface area contributed by atoms with E-state index in [1.807, 2.05) is 13.8 Å². The van der Waals surface area contributed by atoms with Crippen molar-refractivity contribution in [2.75, 3.05) is 6.61 Å². The van der Waals surface area contributed by atoms with Crippen molar-refractivity contribution in [1.29, 1.82) is 5.26 Å². The number of nitriles is 1. The quantitative estimate of drug-likeness (QED) is 0.554. The van der Waals surface area contributed by atoms with E-state index in [2.05, 4.69) is 6.07 Å². The second-order valence-corrected chi connectivity index (χ2v) is 5.52. The Morgan fingerprint density at radius 3 is 2.74 bits per heavy atom. The first-order chi connectivity index (χ1) is 8.98. The molecule has 0 amide bonds. The van der Waals surface area contributed by atoms with Gasteiger partial charge < -0.3 is 4.74 Å². The minimum Gasteiger partial charge on any atom is -0.492 e. The minimum atomic E-state index is -0.275. The van der Waals surface area contributed by atoms with Crippen LogP contribution in [0.1, 0.15) is 43.5 Å². The predicted molar refractivity (Wildman–Crippen MR) is 75.6 cm³/mol. The highest BCUT2D eigenvalue weighted by molar-refractivity contribution is 6.32. The van der Waals surface area contributed by atoms with Crippen LogP contribution >= 0.6 is 11.6 Å². The van der Waals surface area contributed by atoms with E-state index < -0.39 is 0 Å². The van der Waals surface area contributed by atoms with Crippen LogP contribution in [0.2, 0.25) is 5.02 Å². The zero-order valence-corrected chi connectivity index (χ0v) is 12.0. The van der Waals surface area contributed by atoms with E-state index in [-0.39, 0.29) is 5.41 Å². The average Bonchev–Trinajstić information content (AvgIpc) is 2.39. The normalized spacial score (nSPS) is 10.8. The Morgan fingerprint density at radius 2 is 2.16 bits per heavy atom. The number of nitrogens with zero attached hydrogens (tertiary/aromatic N) is 1. The summed E-state index contributed by atoms with van der Waals surface area (Å²) in [5.74, 6) is 0.590. The molecule has 0 N–H and O–H groups in total. The monoisotopic (exact) mass is 279 g/mol. The molecule has 3 nitrogen and oxygen atoms in total. The maximum atomic E-state index is 10.6. The third kappa shape index (κ3) is 5.32. The number of benzene rings is 1. The highest BCUT2D eigenvalue weighted by Gasteiger charge is 2.15. The van der Waals surface area contributed by atoms with Gasteiger partial charge in [0.25, 0.3) is 0 Å². The average molecular weight is 280 g/mol. The molecule has 0 heterocycles. The Hall–Kier alpha value is -1.53. The molecule has 0 atom stereocenters. The van der Waals surface area contributed by atoms with Crippen molar-refractivity contribution in [2.24, 2.45) is 5.41 Å². The van der Waals surface area contributed by atoms with Crippen LogP contribution in [0, 0.1) is 16.7 Å². The first-order valence-corrected chi connectivity index (χ1v) is 6.65. The number of rotatable bonds is 7. The van der Waals surface area contributed by atoms with Crippen LogP contribution in [0.4, 0.5) is 0 Å². The standard InChI is InChI=1S/C15H18ClNO2/c1-15(2,11-17)7-3-4-8-19-14-6-5-12(10-18)9-13(14)16/h5-6,9-10H,3-4,7-8H2,1-2H3. The Bertz CT molecular complexity index is 478. The van der Waals surface area contributed by atoms with E-state index in [1.54, 1.807) is 18.2 Å². The number of carbonyl (C=O) groups excluding carboxylic acids is 1. The number of carbonyl (C=O) groups is 1. The van der Waals surface area contributed by atoms with Gasteiger partial charge in [0, 0.05) is 5.56 Å². The zero-order valence-electron chi connectivity index (χ0n) is 11.3. The summed E-state index contributed by atoms with van der Waals surface area (Å²) in [6.07, 6.45) is 3.41. The van der Waals surface area contributed by atoms with E-state index in [9.17, 15) is 4.79 Å². The van der Waals surface area contributed by atoms with Gasteiger partial charge in [0.15, 0.2) is 0 Å². The predicted octanol–water partition coefficient (Wildman–Crippen LogP) is 4.25. The van der Waals surface area contributed by atoms with Gasteiger partial charge in [0.1, 0.15) is 12.0 Å². The second-order valence-electron chi connectivity index (χ2n) is 5.11. The van der Waals surface area contributed by atoms with E-state index in [0.717, 1.165) is 25.5 Å². The summed E-state index contributed by atoms with van der Waals surface area (Å²) >= 11 is 5.99. The highest BCUT2D eigenvalue weighted by atomic mass is 35.5. The van der Waals surface area contributed by atoms with Crippen LogP contribution in [0.15, 0.2) is 18.2 Å². The molecule has 1 aromatic rings. The van der Waals surface area contributed by atoms with E-state index in [1.165, 1.54) is 0 Å². The zero-order chi connectivity index (χ0) is 14.3. The molecule has 0 saturated heterocycles. The van der Waals surface area contributed by atoms with Gasteiger partial charge in [-0.1, -0.05) is 11.6 Å². The molecule has 0 saturated carbocycles. The molecular weight excluding hydrogens is 262 g/mol. The topological polar surface area (TPSA) is 50.1 Å². The minimum absolute atomic E-state index is 0.275. The molecule has 0 unspecified atom stereocenters. The van der Waals surface area contributed by atoms with Gasteiger partial charge in [-0.25, -0.2) is 0 Å². The summed E-state index contributed by atoms with van der Waals surface area (Å²) in [5.41, 5.74) is 0.261. The van der Waals surface area contributed by atoms with Crippen LogP contribution in [-0.2, 0) is 0 Å². The number of aldehydes is 1. The van der Waals surface area contributed by atoms with E-state index >= 15 is 0 Å². The summed E-state index contributed by atoms with van der Waals surface area (Å²) in [7, 11) is 0. The Labute approximate surface area is 119 Å². The molecular formula is C15H18ClNO2. The van der Waals surface area contributed by atoms with Gasteiger partial charge in [-0.05, 0) is 51.3 Å². The molecule has 1 rings (SSSR count). The van der Waals surface area contributed by atoms with Crippen molar-refractivity contribution in [3.8, 4) is 11.8 Å². The molecule has 1 aromatic carbocycles. The molecule has 0 bridgehead atoms. The lowest BCUT2D eigenvalue weighted by Crippen LogP contribution is -2.08. The number of hydrogen-bond donors (Lipinski definition) is 0. The van der Waals surface area contributed by atoms with Crippen LogP contribution in [-0.4, -0.2) is 12.9 Å². The van der Waals surface area contributed by atoms with Gasteiger partial charge >= 0.3 is 0 Å². The largest absolute Gasteiger partial charge is 0.492 e. The highest BCUT2D eigenvalue weighted by Crippen LogP contribution is 2.26. The molecule has 102 valence electrons. The fraction of sp³-hybridized carbons (Fsp3) is 0.467. The lowest BCUT2D eigenvalue weighted by molar-refractivity contribution is 0.112. The molecule has 4 heteroatoms. The molecule has 0 spiro atoms. The van der Waals surface area contributed by atoms with E-state index in [4.69, 9.17) is 21.6 Å². The smallest absolute Gasteiger partial charge is 0.150 e. The van der Waals surface area contributed by atoms with Crippen molar-refractivity contribution in [1.82, 2.24) is 0 Å². The summed E-state index contributed by atoms with van der Waals surface area (Å²) in [6, 6.07) is 7.24. The molecule has 0 radical (unpaired) electrons. The molecule has 0 aliphatic carbocycles. The number of unbranched alkanes of at least 4 members (excludes halogenated alkanes) is 1. The van der Waals surface area contributed by atoms with Crippen molar-refractivity contribution >= 4 is 17.9 Å². The lowest BCUT2D eigenvalue weighted by Gasteiger charge is -2.14. The SMILES string of the molecule is CC(C)(C#N)CCCCOc1ccc(C=O)cc1Cl. The van der Waals surface area contributed by atoms with Gasteiger partial charge in [-0.3, -0.25) is 4.79 Å². The molecule has 19 heavy (non-hydrogen) atoms. The van der Waals surface area contributed by atoms with Crippen LogP contribution in [0.25, 0.3) is 0 Å². The number of hydrogen-bond acceptors (Lipinski definition) is 3. The van der Waals surface area contributed by atoms with Gasteiger partial charge in [-0.15, -0.1) is 0 Å². The van der Waals surface area contributed by atoms with Gasteiger partial charge in [-0.2, -0.15) is 5.26 Å². The Balaban J connectivity index is 2.34. The van der Waals surface area contributed by atoms with Crippen LogP contribution < -0.4 is 4.74 Å². The van der Waals surface area contributed by atoms with Gasteiger partial charge in [0.05, 0.1) is 23.1 Å². The molecule has 0 fully saturated rings. The van der Waals surface area contributed by atoms with Crippen molar-refractivity contribution in [3.05, 3.63) is 28.8 Å².